The van der Waals surface area contributed by atoms with E-state index in [9.17, 15) is 10.5 Å². The highest BCUT2D eigenvalue weighted by Gasteiger charge is 2.41. The van der Waals surface area contributed by atoms with E-state index in [1.54, 1.807) is 6.07 Å². The van der Waals surface area contributed by atoms with Gasteiger partial charge >= 0.3 is 0 Å². The van der Waals surface area contributed by atoms with Crippen LogP contribution in [-0.4, -0.2) is 4.57 Å². The first-order valence-corrected chi connectivity index (χ1v) is 13.6. The zero-order chi connectivity index (χ0) is 25.1. The van der Waals surface area contributed by atoms with Crippen molar-refractivity contribution in [2.75, 3.05) is 0 Å². The quantitative estimate of drug-likeness (QED) is 0.273. The van der Waals surface area contributed by atoms with Gasteiger partial charge in [0.2, 0.25) is 0 Å². The van der Waals surface area contributed by atoms with Gasteiger partial charge in [0.1, 0.15) is 0 Å². The van der Waals surface area contributed by atoms with Gasteiger partial charge in [-0.15, -0.1) is 0 Å². The Hall–Kier alpha value is -4.89. The molecule has 0 N–H and O–H groups in total. The van der Waals surface area contributed by atoms with Crippen LogP contribution in [0.15, 0.2) is 109 Å². The highest BCUT2D eigenvalue weighted by molar-refractivity contribution is 7.86. The molecule has 1 aliphatic rings. The molecule has 1 aromatic heterocycles. The lowest BCUT2D eigenvalue weighted by molar-refractivity contribution is 0.593. The summed E-state index contributed by atoms with van der Waals surface area (Å²) in [4.78, 5) is 0. The SMILES string of the molecule is N#Cc1cc(C#N)cc(-n2c3ccccc3c3ccc4c(c32)-c2ccccc2P4(=O)c2ccccc2)c1. The Morgan fingerprint density at radius 3 is 2.08 bits per heavy atom. The highest BCUT2D eigenvalue weighted by Crippen LogP contribution is 2.54. The molecular formula is C32H18N3OP. The van der Waals surface area contributed by atoms with E-state index in [0.717, 1.165) is 54.5 Å². The van der Waals surface area contributed by atoms with E-state index in [1.807, 2.05) is 91.0 Å². The van der Waals surface area contributed by atoms with Gasteiger partial charge in [0.15, 0.2) is 7.14 Å². The monoisotopic (exact) mass is 491 g/mol. The van der Waals surface area contributed by atoms with Gasteiger partial charge in [-0.2, -0.15) is 10.5 Å². The summed E-state index contributed by atoms with van der Waals surface area (Å²) in [5.41, 5.74) is 5.36. The van der Waals surface area contributed by atoms with E-state index in [1.165, 1.54) is 0 Å². The predicted molar refractivity (Wildman–Crippen MR) is 149 cm³/mol. The fraction of sp³-hybridized carbons (Fsp3) is 0. The summed E-state index contributed by atoms with van der Waals surface area (Å²) in [5.74, 6) is 0. The van der Waals surface area contributed by atoms with Crippen molar-refractivity contribution in [3.63, 3.8) is 0 Å². The smallest absolute Gasteiger partial charge is 0.172 e. The van der Waals surface area contributed by atoms with Gasteiger partial charge in [0.25, 0.3) is 0 Å². The molecule has 6 aromatic rings. The molecule has 0 radical (unpaired) electrons. The van der Waals surface area contributed by atoms with Crippen LogP contribution < -0.4 is 15.9 Å². The van der Waals surface area contributed by atoms with Crippen LogP contribution in [0.4, 0.5) is 0 Å². The van der Waals surface area contributed by atoms with Crippen molar-refractivity contribution in [1.29, 1.82) is 10.5 Å². The second-order valence-corrected chi connectivity index (χ2v) is 11.9. The second kappa shape index (κ2) is 7.81. The molecule has 0 spiro atoms. The Bertz CT molecular complexity index is 2010. The molecule has 5 heteroatoms. The maximum absolute atomic E-state index is 15.1. The van der Waals surface area contributed by atoms with Crippen molar-refractivity contribution < 1.29 is 4.57 Å². The van der Waals surface area contributed by atoms with Gasteiger partial charge in [0.05, 0.1) is 34.3 Å². The second-order valence-electron chi connectivity index (χ2n) is 9.16. The fourth-order valence-corrected chi connectivity index (χ4v) is 8.77. The summed E-state index contributed by atoms with van der Waals surface area (Å²) in [7, 11) is -3.11. The number of rotatable bonds is 2. The Balaban J connectivity index is 1.70. The Labute approximate surface area is 213 Å². The molecule has 0 amide bonds. The first-order chi connectivity index (χ1) is 18.1. The van der Waals surface area contributed by atoms with E-state index in [2.05, 4.69) is 28.8 Å². The van der Waals surface area contributed by atoms with Crippen LogP contribution in [-0.2, 0) is 4.57 Å². The average Bonchev–Trinajstić information content (AvgIpc) is 3.44. The van der Waals surface area contributed by atoms with E-state index < -0.39 is 7.14 Å². The van der Waals surface area contributed by atoms with Crippen molar-refractivity contribution in [1.82, 2.24) is 4.57 Å². The number of nitriles is 2. The maximum Gasteiger partial charge on any atom is 0.172 e. The molecule has 0 saturated heterocycles. The van der Waals surface area contributed by atoms with Crippen molar-refractivity contribution in [2.24, 2.45) is 0 Å². The van der Waals surface area contributed by atoms with E-state index in [-0.39, 0.29) is 0 Å². The van der Waals surface area contributed by atoms with Gasteiger partial charge in [-0.25, -0.2) is 0 Å². The van der Waals surface area contributed by atoms with Crippen LogP contribution in [0, 0.1) is 22.7 Å². The molecule has 2 heterocycles. The van der Waals surface area contributed by atoms with Crippen LogP contribution in [0.5, 0.6) is 0 Å². The third-order valence-electron chi connectivity index (χ3n) is 7.22. The first-order valence-electron chi connectivity index (χ1n) is 11.9. The highest BCUT2D eigenvalue weighted by atomic mass is 31.2. The van der Waals surface area contributed by atoms with Crippen molar-refractivity contribution in [3.8, 4) is 29.0 Å². The number of nitrogens with zero attached hydrogens (tertiary/aromatic N) is 3. The number of fused-ring (bicyclic) bond motifs is 7. The Morgan fingerprint density at radius 1 is 0.649 bits per heavy atom. The standard InChI is InChI=1S/C32H18N3OP/c33-19-21-16-22(20-34)18-23(17-21)35-28-12-6-4-10-25(28)26-14-15-30-31(32(26)35)27-11-5-7-13-29(27)37(30,36)24-8-2-1-3-9-24/h1-18H. The molecule has 0 fully saturated rings. The van der Waals surface area contributed by atoms with E-state index in [0.29, 0.717) is 11.1 Å². The summed E-state index contributed by atoms with van der Waals surface area (Å²) >= 11 is 0. The summed E-state index contributed by atoms with van der Waals surface area (Å²) in [6, 6.07) is 39.5. The molecule has 1 aliphatic heterocycles. The van der Waals surface area contributed by atoms with Crippen molar-refractivity contribution in [2.45, 2.75) is 0 Å². The molecule has 0 bridgehead atoms. The molecule has 37 heavy (non-hydrogen) atoms. The fourth-order valence-electron chi connectivity index (χ4n) is 5.72. The lowest BCUT2D eigenvalue weighted by Gasteiger charge is -2.16. The molecule has 7 rings (SSSR count). The molecule has 1 unspecified atom stereocenters. The minimum absolute atomic E-state index is 0.419. The van der Waals surface area contributed by atoms with Crippen LogP contribution in [0.3, 0.4) is 0 Å². The molecule has 1 atom stereocenters. The minimum atomic E-state index is -3.11. The minimum Gasteiger partial charge on any atom is -0.309 e. The molecule has 0 saturated carbocycles. The topological polar surface area (TPSA) is 69.6 Å². The summed E-state index contributed by atoms with van der Waals surface area (Å²) in [6.07, 6.45) is 0. The van der Waals surface area contributed by atoms with Crippen molar-refractivity contribution >= 4 is 44.9 Å². The molecule has 0 aliphatic carbocycles. The molecule has 4 nitrogen and oxygen atoms in total. The molecule has 5 aromatic carbocycles. The number of benzene rings is 5. The summed E-state index contributed by atoms with van der Waals surface area (Å²) < 4.78 is 17.2. The van der Waals surface area contributed by atoms with E-state index >= 15 is 4.57 Å². The maximum atomic E-state index is 15.1. The Kier molecular flexibility index (Phi) is 4.51. The number of hydrogen-bond acceptors (Lipinski definition) is 3. The van der Waals surface area contributed by atoms with Crippen molar-refractivity contribution in [3.05, 3.63) is 120 Å². The van der Waals surface area contributed by atoms with Gasteiger partial charge < -0.3 is 9.13 Å². The van der Waals surface area contributed by atoms with Crippen LogP contribution >= 0.6 is 7.14 Å². The largest absolute Gasteiger partial charge is 0.309 e. The number of para-hydroxylation sites is 1. The molecular weight excluding hydrogens is 473 g/mol. The zero-order valence-electron chi connectivity index (χ0n) is 19.6. The lowest BCUT2D eigenvalue weighted by Crippen LogP contribution is -2.20. The van der Waals surface area contributed by atoms with Gasteiger partial charge in [-0.3, -0.25) is 0 Å². The van der Waals surface area contributed by atoms with Gasteiger partial charge in [0, 0.05) is 37.9 Å². The normalized spacial score (nSPS) is 15.7. The van der Waals surface area contributed by atoms with Crippen LogP contribution in [0.2, 0.25) is 0 Å². The number of hydrogen-bond donors (Lipinski definition) is 0. The third-order valence-corrected chi connectivity index (χ3v) is 10.4. The first kappa shape index (κ1) is 21.4. The zero-order valence-corrected chi connectivity index (χ0v) is 20.5. The third kappa shape index (κ3) is 2.85. The average molecular weight is 491 g/mol. The predicted octanol–water partition coefficient (Wildman–Crippen LogP) is 6.15. The Morgan fingerprint density at radius 2 is 1.32 bits per heavy atom. The van der Waals surface area contributed by atoms with Gasteiger partial charge in [-0.05, 0) is 35.9 Å². The lowest BCUT2D eigenvalue weighted by atomic mass is 10.0. The van der Waals surface area contributed by atoms with Crippen LogP contribution in [0.1, 0.15) is 11.1 Å². The summed E-state index contributed by atoms with van der Waals surface area (Å²) in [6.45, 7) is 0. The summed E-state index contributed by atoms with van der Waals surface area (Å²) in [5, 5.41) is 23.9. The number of aromatic nitrogens is 1. The van der Waals surface area contributed by atoms with E-state index in [4.69, 9.17) is 0 Å². The molecule has 172 valence electrons. The van der Waals surface area contributed by atoms with Gasteiger partial charge in [-0.1, -0.05) is 78.9 Å². The van der Waals surface area contributed by atoms with Crippen LogP contribution in [0.25, 0.3) is 38.6 Å².